The zero-order chi connectivity index (χ0) is 15.1. The first-order valence-electron chi connectivity index (χ1n) is 8.75. The van der Waals surface area contributed by atoms with Gasteiger partial charge in [-0.2, -0.15) is 0 Å². The summed E-state index contributed by atoms with van der Waals surface area (Å²) in [5, 5.41) is 3.66. The second kappa shape index (κ2) is 8.55. The molecule has 118 valence electrons. The van der Waals surface area contributed by atoms with Gasteiger partial charge in [0.1, 0.15) is 0 Å². The van der Waals surface area contributed by atoms with Crippen LogP contribution in [0.15, 0.2) is 24.3 Å². The number of aryl methyl sites for hydroxylation is 1. The van der Waals surface area contributed by atoms with Gasteiger partial charge < -0.3 is 10.2 Å². The van der Waals surface area contributed by atoms with Gasteiger partial charge in [-0.05, 0) is 63.7 Å². The molecule has 21 heavy (non-hydrogen) atoms. The standard InChI is InChI=1S/C19H32N2/c1-4-13-21(15-17-8-9-17)14-12-19(20-5-2)18-10-6-16(3)7-11-18/h6-7,10-11,17,19-20H,4-5,8-9,12-15H2,1-3H3. The van der Waals surface area contributed by atoms with Gasteiger partial charge in [0, 0.05) is 12.6 Å². The first kappa shape index (κ1) is 16.5. The van der Waals surface area contributed by atoms with E-state index < -0.39 is 0 Å². The predicted octanol–water partition coefficient (Wildman–Crippen LogP) is 4.16. The second-order valence-electron chi connectivity index (χ2n) is 6.55. The highest BCUT2D eigenvalue weighted by molar-refractivity contribution is 5.24. The van der Waals surface area contributed by atoms with E-state index in [4.69, 9.17) is 0 Å². The molecule has 1 atom stereocenters. The molecule has 0 aliphatic heterocycles. The maximum atomic E-state index is 3.66. The SMILES string of the molecule is CCCN(CCC(NCC)c1ccc(C)cc1)CC1CC1. The van der Waals surface area contributed by atoms with Crippen LogP contribution in [0.4, 0.5) is 0 Å². The highest BCUT2D eigenvalue weighted by Crippen LogP contribution is 2.30. The van der Waals surface area contributed by atoms with Gasteiger partial charge in [-0.1, -0.05) is 43.7 Å². The molecule has 2 rings (SSSR count). The molecule has 0 spiro atoms. The summed E-state index contributed by atoms with van der Waals surface area (Å²) in [6.07, 6.45) is 5.39. The van der Waals surface area contributed by atoms with Gasteiger partial charge in [0.15, 0.2) is 0 Å². The molecule has 1 N–H and O–H groups in total. The summed E-state index contributed by atoms with van der Waals surface area (Å²) in [6, 6.07) is 9.53. The van der Waals surface area contributed by atoms with Crippen LogP contribution in [0.2, 0.25) is 0 Å². The summed E-state index contributed by atoms with van der Waals surface area (Å²) in [5.41, 5.74) is 2.78. The fourth-order valence-corrected chi connectivity index (χ4v) is 3.02. The number of rotatable bonds is 10. The number of nitrogens with zero attached hydrogens (tertiary/aromatic N) is 1. The van der Waals surface area contributed by atoms with Gasteiger partial charge in [0.05, 0.1) is 0 Å². The molecule has 2 heteroatoms. The number of hydrogen-bond acceptors (Lipinski definition) is 2. The van der Waals surface area contributed by atoms with Gasteiger partial charge in [-0.25, -0.2) is 0 Å². The van der Waals surface area contributed by atoms with E-state index in [0.717, 1.165) is 12.5 Å². The zero-order valence-electron chi connectivity index (χ0n) is 14.1. The summed E-state index contributed by atoms with van der Waals surface area (Å²) in [4.78, 5) is 2.68. The van der Waals surface area contributed by atoms with Crippen LogP contribution in [0.3, 0.4) is 0 Å². The van der Waals surface area contributed by atoms with E-state index in [1.807, 2.05) is 0 Å². The van der Waals surface area contributed by atoms with E-state index in [9.17, 15) is 0 Å². The van der Waals surface area contributed by atoms with Crippen molar-refractivity contribution in [3.05, 3.63) is 35.4 Å². The normalized spacial score (nSPS) is 16.4. The molecule has 0 bridgehead atoms. The van der Waals surface area contributed by atoms with Crippen molar-refractivity contribution >= 4 is 0 Å². The van der Waals surface area contributed by atoms with Gasteiger partial charge in [0.25, 0.3) is 0 Å². The molecule has 1 aliphatic rings. The van der Waals surface area contributed by atoms with E-state index >= 15 is 0 Å². The lowest BCUT2D eigenvalue weighted by molar-refractivity contribution is 0.248. The first-order chi connectivity index (χ1) is 10.2. The van der Waals surface area contributed by atoms with Crippen molar-refractivity contribution in [3.8, 4) is 0 Å². The molecule has 1 aliphatic carbocycles. The molecule has 0 saturated heterocycles. The van der Waals surface area contributed by atoms with Gasteiger partial charge in [-0.3, -0.25) is 0 Å². The molecule has 1 saturated carbocycles. The van der Waals surface area contributed by atoms with E-state index in [1.165, 1.54) is 56.4 Å². The minimum atomic E-state index is 0.495. The lowest BCUT2D eigenvalue weighted by Gasteiger charge is -2.25. The number of hydrogen-bond donors (Lipinski definition) is 1. The number of nitrogens with one attached hydrogen (secondary N) is 1. The van der Waals surface area contributed by atoms with Crippen molar-refractivity contribution in [1.82, 2.24) is 10.2 Å². The van der Waals surface area contributed by atoms with Crippen molar-refractivity contribution in [2.24, 2.45) is 5.92 Å². The molecule has 0 amide bonds. The third-order valence-corrected chi connectivity index (χ3v) is 4.42. The average molecular weight is 288 g/mol. The Kier molecular flexibility index (Phi) is 6.72. The lowest BCUT2D eigenvalue weighted by Crippen LogP contribution is -2.31. The fourth-order valence-electron chi connectivity index (χ4n) is 3.02. The molecule has 1 aromatic rings. The van der Waals surface area contributed by atoms with Crippen molar-refractivity contribution in [3.63, 3.8) is 0 Å². The van der Waals surface area contributed by atoms with Crippen molar-refractivity contribution < 1.29 is 0 Å². The van der Waals surface area contributed by atoms with Gasteiger partial charge in [0.2, 0.25) is 0 Å². The Hall–Kier alpha value is -0.860. The molecule has 1 unspecified atom stereocenters. The van der Waals surface area contributed by atoms with Crippen LogP contribution in [0, 0.1) is 12.8 Å². The maximum Gasteiger partial charge on any atom is 0.0332 e. The van der Waals surface area contributed by atoms with Crippen molar-refractivity contribution in [2.45, 2.75) is 52.5 Å². The number of benzene rings is 1. The summed E-state index contributed by atoms with van der Waals surface area (Å²) < 4.78 is 0. The van der Waals surface area contributed by atoms with E-state index in [0.29, 0.717) is 6.04 Å². The molecule has 0 radical (unpaired) electrons. The Balaban J connectivity index is 1.89. The molecule has 1 aromatic carbocycles. The smallest absolute Gasteiger partial charge is 0.0332 e. The molecule has 2 nitrogen and oxygen atoms in total. The molecule has 0 aromatic heterocycles. The second-order valence-corrected chi connectivity index (χ2v) is 6.55. The van der Waals surface area contributed by atoms with Crippen LogP contribution in [0.25, 0.3) is 0 Å². The quantitative estimate of drug-likeness (QED) is 0.695. The maximum absolute atomic E-state index is 3.66. The summed E-state index contributed by atoms with van der Waals surface area (Å²) in [6.45, 7) is 11.5. The highest BCUT2D eigenvalue weighted by atomic mass is 15.1. The third-order valence-electron chi connectivity index (χ3n) is 4.42. The van der Waals surface area contributed by atoms with Crippen LogP contribution in [0.5, 0.6) is 0 Å². The molecule has 1 fully saturated rings. The Morgan fingerprint density at radius 1 is 1.14 bits per heavy atom. The Bertz CT molecular complexity index is 395. The molecule has 0 heterocycles. The first-order valence-corrected chi connectivity index (χ1v) is 8.75. The topological polar surface area (TPSA) is 15.3 Å². The third kappa shape index (κ3) is 5.80. The van der Waals surface area contributed by atoms with E-state index in [-0.39, 0.29) is 0 Å². The van der Waals surface area contributed by atoms with Gasteiger partial charge in [-0.15, -0.1) is 0 Å². The summed E-state index contributed by atoms with van der Waals surface area (Å²) in [7, 11) is 0. The average Bonchev–Trinajstić information content (AvgIpc) is 3.28. The fraction of sp³-hybridized carbons (Fsp3) is 0.684. The van der Waals surface area contributed by atoms with Crippen LogP contribution < -0.4 is 5.32 Å². The highest BCUT2D eigenvalue weighted by Gasteiger charge is 2.24. The van der Waals surface area contributed by atoms with E-state index in [2.05, 4.69) is 55.3 Å². The Labute approximate surface area is 130 Å². The molecular formula is C19H32N2. The lowest BCUT2D eigenvalue weighted by atomic mass is 10.0. The Morgan fingerprint density at radius 2 is 1.86 bits per heavy atom. The minimum Gasteiger partial charge on any atom is -0.310 e. The minimum absolute atomic E-state index is 0.495. The van der Waals surface area contributed by atoms with Crippen LogP contribution >= 0.6 is 0 Å². The Morgan fingerprint density at radius 3 is 2.43 bits per heavy atom. The zero-order valence-corrected chi connectivity index (χ0v) is 14.1. The monoisotopic (exact) mass is 288 g/mol. The molecular weight excluding hydrogens is 256 g/mol. The van der Waals surface area contributed by atoms with Gasteiger partial charge >= 0.3 is 0 Å². The van der Waals surface area contributed by atoms with Crippen LogP contribution in [-0.2, 0) is 0 Å². The predicted molar refractivity (Wildman–Crippen MR) is 91.7 cm³/mol. The van der Waals surface area contributed by atoms with Crippen LogP contribution in [0.1, 0.15) is 56.7 Å². The van der Waals surface area contributed by atoms with Crippen molar-refractivity contribution in [1.29, 1.82) is 0 Å². The summed E-state index contributed by atoms with van der Waals surface area (Å²) in [5.74, 6) is 0.994. The van der Waals surface area contributed by atoms with E-state index in [1.54, 1.807) is 0 Å². The van der Waals surface area contributed by atoms with Crippen molar-refractivity contribution in [2.75, 3.05) is 26.2 Å². The largest absolute Gasteiger partial charge is 0.310 e. The van der Waals surface area contributed by atoms with Crippen LogP contribution in [-0.4, -0.2) is 31.1 Å². The summed E-state index contributed by atoms with van der Waals surface area (Å²) >= 11 is 0.